The number of rotatable bonds is 3. The molecule has 1 aliphatic rings. The third-order valence-corrected chi connectivity index (χ3v) is 3.70. The lowest BCUT2D eigenvalue weighted by Gasteiger charge is -2.28. The van der Waals surface area contributed by atoms with Crippen molar-refractivity contribution in [1.29, 1.82) is 0 Å². The zero-order chi connectivity index (χ0) is 11.7. The van der Waals surface area contributed by atoms with Gasteiger partial charge in [0.25, 0.3) is 0 Å². The molecular formula is C14H24N2. The molecule has 0 amide bonds. The van der Waals surface area contributed by atoms with Crippen LogP contribution in [0.3, 0.4) is 0 Å². The van der Waals surface area contributed by atoms with E-state index in [2.05, 4.69) is 32.3 Å². The van der Waals surface area contributed by atoms with Crippen molar-refractivity contribution in [2.45, 2.75) is 65.8 Å². The number of aromatic nitrogens is 2. The first-order chi connectivity index (χ1) is 7.67. The Balaban J connectivity index is 2.42. The van der Waals surface area contributed by atoms with Crippen LogP contribution in [-0.2, 0) is 19.3 Å². The smallest absolute Gasteiger partial charge is 0.109 e. The van der Waals surface area contributed by atoms with Gasteiger partial charge in [0.2, 0.25) is 0 Å². The second kappa shape index (κ2) is 4.60. The fraction of sp³-hybridized carbons (Fsp3) is 0.786. The van der Waals surface area contributed by atoms with Crippen LogP contribution in [0.15, 0.2) is 0 Å². The summed E-state index contributed by atoms with van der Waals surface area (Å²) >= 11 is 0. The Bertz CT molecular complexity index is 365. The molecule has 2 heteroatoms. The fourth-order valence-corrected chi connectivity index (χ4v) is 3.13. The van der Waals surface area contributed by atoms with Crippen LogP contribution in [0.5, 0.6) is 0 Å². The topological polar surface area (TPSA) is 17.8 Å². The van der Waals surface area contributed by atoms with Crippen molar-refractivity contribution in [3.63, 3.8) is 0 Å². The van der Waals surface area contributed by atoms with Gasteiger partial charge in [0, 0.05) is 18.2 Å². The zero-order valence-corrected chi connectivity index (χ0v) is 11.1. The molecule has 2 unspecified atom stereocenters. The van der Waals surface area contributed by atoms with Gasteiger partial charge in [-0.2, -0.15) is 0 Å². The highest BCUT2D eigenvalue weighted by atomic mass is 15.1. The molecule has 1 aromatic heterocycles. The zero-order valence-electron chi connectivity index (χ0n) is 11.1. The van der Waals surface area contributed by atoms with E-state index in [0.717, 1.165) is 18.8 Å². The average molecular weight is 220 g/mol. The minimum absolute atomic E-state index is 0.645. The molecule has 0 radical (unpaired) electrons. The molecule has 0 fully saturated rings. The van der Waals surface area contributed by atoms with Crippen molar-refractivity contribution in [2.75, 3.05) is 0 Å². The van der Waals surface area contributed by atoms with Gasteiger partial charge in [0.05, 0.1) is 5.69 Å². The molecule has 2 rings (SSSR count). The molecule has 90 valence electrons. The van der Waals surface area contributed by atoms with Gasteiger partial charge in [0.15, 0.2) is 0 Å². The molecule has 2 nitrogen and oxygen atoms in total. The Morgan fingerprint density at radius 3 is 2.69 bits per heavy atom. The first-order valence-electron chi connectivity index (χ1n) is 6.76. The SMILES string of the molecule is CCCc1nc2n(c1CC)C(C)CC(C)C2. The Labute approximate surface area is 99.1 Å². The normalized spacial score (nSPS) is 24.5. The molecule has 0 N–H and O–H groups in total. The first-order valence-corrected chi connectivity index (χ1v) is 6.76. The second-order valence-electron chi connectivity index (χ2n) is 5.29. The Hall–Kier alpha value is -0.790. The number of hydrogen-bond acceptors (Lipinski definition) is 1. The van der Waals surface area contributed by atoms with Gasteiger partial charge in [-0.05, 0) is 32.1 Å². The Morgan fingerprint density at radius 2 is 2.06 bits per heavy atom. The molecule has 2 atom stereocenters. The molecule has 2 heterocycles. The molecule has 16 heavy (non-hydrogen) atoms. The molecule has 1 aliphatic heterocycles. The number of hydrogen-bond donors (Lipinski definition) is 0. The average Bonchev–Trinajstić information content (AvgIpc) is 2.56. The minimum atomic E-state index is 0.645. The Morgan fingerprint density at radius 1 is 1.31 bits per heavy atom. The summed E-state index contributed by atoms with van der Waals surface area (Å²) in [5, 5.41) is 0. The Kier molecular flexibility index (Phi) is 3.36. The molecular weight excluding hydrogens is 196 g/mol. The molecule has 0 aromatic carbocycles. The van der Waals surface area contributed by atoms with Crippen LogP contribution in [0, 0.1) is 5.92 Å². The van der Waals surface area contributed by atoms with E-state index < -0.39 is 0 Å². The molecule has 0 saturated heterocycles. The number of fused-ring (bicyclic) bond motifs is 1. The maximum Gasteiger partial charge on any atom is 0.109 e. The summed E-state index contributed by atoms with van der Waals surface area (Å²) in [6, 6.07) is 0.645. The van der Waals surface area contributed by atoms with Crippen molar-refractivity contribution >= 4 is 0 Å². The highest BCUT2D eigenvalue weighted by Crippen LogP contribution is 2.31. The monoisotopic (exact) mass is 220 g/mol. The highest BCUT2D eigenvalue weighted by Gasteiger charge is 2.26. The van der Waals surface area contributed by atoms with E-state index in [0.29, 0.717) is 6.04 Å². The van der Waals surface area contributed by atoms with Crippen molar-refractivity contribution in [3.05, 3.63) is 17.2 Å². The fourth-order valence-electron chi connectivity index (χ4n) is 3.13. The largest absolute Gasteiger partial charge is 0.329 e. The highest BCUT2D eigenvalue weighted by molar-refractivity contribution is 5.20. The van der Waals surface area contributed by atoms with E-state index in [1.807, 2.05) is 0 Å². The standard InChI is InChI=1S/C14H24N2/c1-5-7-12-13(6-2)16-11(4)8-10(3)9-14(16)15-12/h10-11H,5-9H2,1-4H3. The lowest BCUT2D eigenvalue weighted by atomic mass is 9.94. The summed E-state index contributed by atoms with van der Waals surface area (Å²) in [5.41, 5.74) is 2.86. The van der Waals surface area contributed by atoms with Crippen LogP contribution in [0.1, 0.15) is 63.8 Å². The predicted molar refractivity (Wildman–Crippen MR) is 67.8 cm³/mol. The molecule has 0 aliphatic carbocycles. The summed E-state index contributed by atoms with van der Waals surface area (Å²) in [4.78, 5) is 4.88. The van der Waals surface area contributed by atoms with Gasteiger partial charge in [0.1, 0.15) is 5.82 Å². The maximum absolute atomic E-state index is 4.88. The van der Waals surface area contributed by atoms with Gasteiger partial charge in [-0.3, -0.25) is 0 Å². The van der Waals surface area contributed by atoms with Crippen LogP contribution in [-0.4, -0.2) is 9.55 Å². The minimum Gasteiger partial charge on any atom is -0.329 e. The summed E-state index contributed by atoms with van der Waals surface area (Å²) in [7, 11) is 0. The van der Waals surface area contributed by atoms with E-state index in [1.165, 1.54) is 36.5 Å². The van der Waals surface area contributed by atoms with Crippen molar-refractivity contribution in [3.8, 4) is 0 Å². The van der Waals surface area contributed by atoms with Gasteiger partial charge < -0.3 is 4.57 Å². The van der Waals surface area contributed by atoms with E-state index >= 15 is 0 Å². The predicted octanol–water partition coefficient (Wildman–Crippen LogP) is 3.54. The molecule has 0 bridgehead atoms. The lowest BCUT2D eigenvalue weighted by molar-refractivity contribution is 0.337. The van der Waals surface area contributed by atoms with Gasteiger partial charge >= 0.3 is 0 Å². The summed E-state index contributed by atoms with van der Waals surface area (Å²) in [6.45, 7) is 9.19. The molecule has 1 aromatic rings. The number of imidazole rings is 1. The van der Waals surface area contributed by atoms with Crippen molar-refractivity contribution < 1.29 is 0 Å². The third kappa shape index (κ3) is 1.90. The van der Waals surface area contributed by atoms with E-state index in [9.17, 15) is 0 Å². The van der Waals surface area contributed by atoms with E-state index in [1.54, 1.807) is 0 Å². The summed E-state index contributed by atoms with van der Waals surface area (Å²) < 4.78 is 2.52. The number of nitrogens with zero attached hydrogens (tertiary/aromatic N) is 2. The van der Waals surface area contributed by atoms with Crippen LogP contribution in [0.4, 0.5) is 0 Å². The lowest BCUT2D eigenvalue weighted by Crippen LogP contribution is -2.22. The quantitative estimate of drug-likeness (QED) is 0.762. The summed E-state index contributed by atoms with van der Waals surface area (Å²) in [5.74, 6) is 2.13. The molecule has 0 saturated carbocycles. The third-order valence-electron chi connectivity index (χ3n) is 3.70. The van der Waals surface area contributed by atoms with Gasteiger partial charge in [-0.15, -0.1) is 0 Å². The van der Waals surface area contributed by atoms with Crippen molar-refractivity contribution in [1.82, 2.24) is 9.55 Å². The van der Waals surface area contributed by atoms with Crippen LogP contribution < -0.4 is 0 Å². The van der Waals surface area contributed by atoms with Gasteiger partial charge in [-0.25, -0.2) is 4.98 Å². The molecule has 0 spiro atoms. The summed E-state index contributed by atoms with van der Waals surface area (Å²) in [6.07, 6.45) is 5.95. The van der Waals surface area contributed by atoms with Crippen molar-refractivity contribution in [2.24, 2.45) is 5.92 Å². The first kappa shape index (κ1) is 11.7. The van der Waals surface area contributed by atoms with E-state index in [4.69, 9.17) is 4.98 Å². The number of aryl methyl sites for hydroxylation is 1. The van der Waals surface area contributed by atoms with Crippen LogP contribution >= 0.6 is 0 Å². The van der Waals surface area contributed by atoms with Crippen LogP contribution in [0.25, 0.3) is 0 Å². The van der Waals surface area contributed by atoms with Gasteiger partial charge in [-0.1, -0.05) is 27.2 Å². The second-order valence-corrected chi connectivity index (χ2v) is 5.29. The maximum atomic E-state index is 4.88. The van der Waals surface area contributed by atoms with Crippen LogP contribution in [0.2, 0.25) is 0 Å². The van der Waals surface area contributed by atoms with E-state index in [-0.39, 0.29) is 0 Å².